The summed E-state index contributed by atoms with van der Waals surface area (Å²) in [5, 5.41) is 2.50. The highest BCUT2D eigenvalue weighted by Gasteiger charge is 2.17. The molecule has 2 aromatic heterocycles. The van der Waals surface area contributed by atoms with E-state index >= 15 is 0 Å². The number of hydrogen-bond donors (Lipinski definition) is 1. The van der Waals surface area contributed by atoms with Crippen molar-refractivity contribution < 1.29 is 23.1 Å². The van der Waals surface area contributed by atoms with Gasteiger partial charge in [0.1, 0.15) is 17.3 Å². The molecule has 7 nitrogen and oxygen atoms in total. The summed E-state index contributed by atoms with van der Waals surface area (Å²) < 4.78 is 33.1. The largest absolute Gasteiger partial charge is 0.378 e. The number of anilines is 2. The molecule has 3 heterocycles. The van der Waals surface area contributed by atoms with Gasteiger partial charge in [-0.15, -0.1) is 0 Å². The van der Waals surface area contributed by atoms with Crippen molar-refractivity contribution >= 4 is 34.1 Å². The van der Waals surface area contributed by atoms with Gasteiger partial charge in [-0.2, -0.15) is 0 Å². The Balaban J connectivity index is 1.41. The van der Waals surface area contributed by atoms with Crippen molar-refractivity contribution in [2.24, 2.45) is 0 Å². The molecular formula is C26H20F2N4O3. The number of halogens is 2. The third-order valence-corrected chi connectivity index (χ3v) is 5.64. The van der Waals surface area contributed by atoms with E-state index in [0.29, 0.717) is 24.2 Å². The first kappa shape index (κ1) is 22.5. The summed E-state index contributed by atoms with van der Waals surface area (Å²) in [6, 6.07) is 13.7. The maximum Gasteiger partial charge on any atom is 0.255 e. The number of pyridine rings is 2. The highest BCUT2D eigenvalue weighted by molar-refractivity contribution is 6.10. The Kier molecular flexibility index (Phi) is 6.15. The summed E-state index contributed by atoms with van der Waals surface area (Å²) >= 11 is 0. The number of amides is 1. The predicted molar refractivity (Wildman–Crippen MR) is 127 cm³/mol. The first-order chi connectivity index (χ1) is 17.0. The lowest BCUT2D eigenvalue weighted by Gasteiger charge is -2.28. The number of nitrogens with zero attached hydrogens (tertiary/aromatic N) is 3. The minimum absolute atomic E-state index is 0.0173. The van der Waals surface area contributed by atoms with Crippen molar-refractivity contribution in [3.05, 3.63) is 95.3 Å². The van der Waals surface area contributed by atoms with E-state index in [1.807, 2.05) is 6.07 Å². The number of ether oxygens (including phenoxy) is 1. The van der Waals surface area contributed by atoms with E-state index in [4.69, 9.17) is 4.74 Å². The number of fused-ring (bicyclic) bond motifs is 1. The van der Waals surface area contributed by atoms with Crippen molar-refractivity contribution in [3.8, 4) is 0 Å². The van der Waals surface area contributed by atoms with E-state index in [1.165, 1.54) is 30.3 Å². The molecule has 5 rings (SSSR count). The van der Waals surface area contributed by atoms with Gasteiger partial charge in [0.05, 0.1) is 36.1 Å². The average molecular weight is 474 g/mol. The topological polar surface area (TPSA) is 84.4 Å². The molecule has 35 heavy (non-hydrogen) atoms. The van der Waals surface area contributed by atoms with Crippen LogP contribution >= 0.6 is 0 Å². The van der Waals surface area contributed by atoms with Gasteiger partial charge in [-0.3, -0.25) is 14.6 Å². The lowest BCUT2D eigenvalue weighted by atomic mass is 10.1. The first-order valence-electron chi connectivity index (χ1n) is 11.0. The lowest BCUT2D eigenvalue weighted by molar-refractivity contribution is 0.101. The van der Waals surface area contributed by atoms with Crippen LogP contribution in [0.5, 0.6) is 0 Å². The predicted octanol–water partition coefficient (Wildman–Crippen LogP) is 4.23. The normalized spacial score (nSPS) is 13.6. The quantitative estimate of drug-likeness (QED) is 0.436. The Bertz CT molecular complexity index is 1440. The number of rotatable bonds is 5. The molecule has 1 N–H and O–H groups in total. The zero-order chi connectivity index (χ0) is 24.4. The fourth-order valence-electron chi connectivity index (χ4n) is 3.89. The highest BCUT2D eigenvalue weighted by atomic mass is 19.1. The van der Waals surface area contributed by atoms with Crippen molar-refractivity contribution in [3.63, 3.8) is 0 Å². The molecule has 9 heteroatoms. The van der Waals surface area contributed by atoms with Crippen LogP contribution < -0.4 is 10.2 Å². The van der Waals surface area contributed by atoms with Crippen LogP contribution in [0.4, 0.5) is 20.2 Å². The zero-order valence-electron chi connectivity index (χ0n) is 18.5. The molecule has 1 saturated heterocycles. The maximum atomic E-state index is 14.3. The average Bonchev–Trinajstić information content (AvgIpc) is 2.87. The van der Waals surface area contributed by atoms with Crippen molar-refractivity contribution in [2.45, 2.75) is 0 Å². The van der Waals surface area contributed by atoms with Crippen molar-refractivity contribution in [1.82, 2.24) is 9.97 Å². The summed E-state index contributed by atoms with van der Waals surface area (Å²) in [6.45, 7) is 2.72. The number of carbonyl (C=O) groups is 2. The summed E-state index contributed by atoms with van der Waals surface area (Å²) in [5.41, 5.74) is 2.32. The molecule has 0 saturated carbocycles. The SMILES string of the molecule is O=C(Nc1cc(F)cc(C(=O)c2ccc3ncc(N4CCOCC4)cc3n2)c1)c1cccc(F)c1. The van der Waals surface area contributed by atoms with E-state index in [0.717, 1.165) is 37.0 Å². The molecule has 0 aliphatic carbocycles. The van der Waals surface area contributed by atoms with E-state index in [2.05, 4.69) is 20.2 Å². The van der Waals surface area contributed by atoms with Gasteiger partial charge < -0.3 is 15.0 Å². The number of nitrogens with one attached hydrogen (secondary N) is 1. The van der Waals surface area contributed by atoms with Gasteiger partial charge in [0.2, 0.25) is 5.78 Å². The van der Waals surface area contributed by atoms with Gasteiger partial charge in [0.25, 0.3) is 5.91 Å². The van der Waals surface area contributed by atoms with Gasteiger partial charge in [-0.1, -0.05) is 6.07 Å². The minimum atomic E-state index is -0.706. The van der Waals surface area contributed by atoms with Crippen LogP contribution in [-0.4, -0.2) is 48.0 Å². The fraction of sp³-hybridized carbons (Fsp3) is 0.154. The molecule has 4 aromatic rings. The van der Waals surface area contributed by atoms with Gasteiger partial charge in [0.15, 0.2) is 0 Å². The van der Waals surface area contributed by atoms with Crippen LogP contribution in [0.15, 0.2) is 66.9 Å². The van der Waals surface area contributed by atoms with E-state index in [1.54, 1.807) is 12.3 Å². The smallest absolute Gasteiger partial charge is 0.255 e. The van der Waals surface area contributed by atoms with Crippen LogP contribution in [0.3, 0.4) is 0 Å². The van der Waals surface area contributed by atoms with Crippen LogP contribution in [0.25, 0.3) is 11.0 Å². The maximum absolute atomic E-state index is 14.3. The molecule has 1 amide bonds. The number of hydrogen-bond acceptors (Lipinski definition) is 6. The summed E-state index contributed by atoms with van der Waals surface area (Å²) in [6.07, 6.45) is 1.76. The van der Waals surface area contributed by atoms with E-state index in [9.17, 15) is 18.4 Å². The van der Waals surface area contributed by atoms with Crippen LogP contribution in [0, 0.1) is 11.6 Å². The van der Waals surface area contributed by atoms with Crippen LogP contribution in [-0.2, 0) is 4.74 Å². The molecule has 0 unspecified atom stereocenters. The Morgan fingerprint density at radius 1 is 0.886 bits per heavy atom. The van der Waals surface area contributed by atoms with Crippen LogP contribution in [0.2, 0.25) is 0 Å². The monoisotopic (exact) mass is 474 g/mol. The van der Waals surface area contributed by atoms with Gasteiger partial charge in [0, 0.05) is 29.9 Å². The molecular weight excluding hydrogens is 454 g/mol. The molecule has 1 fully saturated rings. The molecule has 0 bridgehead atoms. The minimum Gasteiger partial charge on any atom is -0.378 e. The Morgan fingerprint density at radius 2 is 1.69 bits per heavy atom. The second-order valence-corrected chi connectivity index (χ2v) is 8.05. The number of benzene rings is 2. The summed E-state index contributed by atoms with van der Waals surface area (Å²) in [4.78, 5) is 36.6. The van der Waals surface area contributed by atoms with Gasteiger partial charge >= 0.3 is 0 Å². The molecule has 1 aliphatic heterocycles. The molecule has 0 atom stereocenters. The highest BCUT2D eigenvalue weighted by Crippen LogP contribution is 2.22. The van der Waals surface area contributed by atoms with E-state index in [-0.39, 0.29) is 22.5 Å². The van der Waals surface area contributed by atoms with E-state index < -0.39 is 23.3 Å². The zero-order valence-corrected chi connectivity index (χ0v) is 18.5. The number of carbonyl (C=O) groups excluding carboxylic acids is 2. The number of morpholine rings is 1. The van der Waals surface area contributed by atoms with Crippen molar-refractivity contribution in [2.75, 3.05) is 36.5 Å². The fourth-order valence-corrected chi connectivity index (χ4v) is 3.89. The first-order valence-corrected chi connectivity index (χ1v) is 11.0. The molecule has 2 aromatic carbocycles. The Hall–Kier alpha value is -4.24. The molecule has 0 spiro atoms. The van der Waals surface area contributed by atoms with Crippen molar-refractivity contribution in [1.29, 1.82) is 0 Å². The standard InChI is InChI=1S/C26H20F2N4O3/c27-18-3-1-2-16(10-18)26(34)30-20-12-17(11-19(28)13-20)25(33)23-5-4-22-24(31-23)14-21(15-29-22)32-6-8-35-9-7-32/h1-5,10-15H,6-9H2,(H,30,34). The Morgan fingerprint density at radius 3 is 2.49 bits per heavy atom. The second-order valence-electron chi connectivity index (χ2n) is 8.05. The van der Waals surface area contributed by atoms with Gasteiger partial charge in [-0.25, -0.2) is 13.8 Å². The van der Waals surface area contributed by atoms with Gasteiger partial charge in [-0.05, 0) is 54.6 Å². The number of ketones is 1. The Labute approximate surface area is 199 Å². The molecule has 176 valence electrons. The molecule has 0 radical (unpaired) electrons. The summed E-state index contributed by atoms with van der Waals surface area (Å²) in [7, 11) is 0. The van der Waals surface area contributed by atoms with Crippen LogP contribution in [0.1, 0.15) is 26.4 Å². The molecule has 1 aliphatic rings. The second kappa shape index (κ2) is 9.55. The summed E-state index contributed by atoms with van der Waals surface area (Å²) in [5.74, 6) is -2.41. The number of aromatic nitrogens is 2. The lowest BCUT2D eigenvalue weighted by Crippen LogP contribution is -2.36. The third kappa shape index (κ3) is 4.99. The third-order valence-electron chi connectivity index (χ3n) is 5.64.